The zero-order valence-corrected chi connectivity index (χ0v) is 36.0. The highest BCUT2D eigenvalue weighted by atomic mass is 32.2. The number of nitrogens with one attached hydrogen (secondary N) is 3. The van der Waals surface area contributed by atoms with Gasteiger partial charge in [0.05, 0.1) is 23.3 Å². The summed E-state index contributed by atoms with van der Waals surface area (Å²) in [6, 6.07) is 5.28. The van der Waals surface area contributed by atoms with E-state index in [9.17, 15) is 27.4 Å². The lowest BCUT2D eigenvalue weighted by Crippen LogP contribution is -2.40. The van der Waals surface area contributed by atoms with Crippen LogP contribution in [0, 0.1) is 42.4 Å². The van der Waals surface area contributed by atoms with Crippen molar-refractivity contribution in [2.75, 3.05) is 11.9 Å². The summed E-state index contributed by atoms with van der Waals surface area (Å²) in [4.78, 5) is 59.2. The lowest BCUT2D eigenvalue weighted by molar-refractivity contribution is -0.354. The van der Waals surface area contributed by atoms with Crippen molar-refractivity contribution < 1.29 is 46.6 Å². The standard InChI is InChI=1S/C43H60N4O10S/c1-23-17-25(3)39(26(4)18-23)56-43(50)38-30(8)36(46-42(38)47-37(49)11-10-16-54-32-12-14-33(15-13-32)58(51,52)53)21-35-29(7)34(41(45-35)44-31(9)48)22-55-57-40-27(5)19-24(2)20-28(40)6/h12-15,21,23-28,39-40,45H,10-11,16-20,22H2,1-9H3,(H,44,48)(H,46,47,49)(H,51,52,53)/b36-21-. The highest BCUT2D eigenvalue weighted by molar-refractivity contribution is 7.85. The maximum atomic E-state index is 14.1. The van der Waals surface area contributed by atoms with Crippen molar-refractivity contribution in [1.29, 1.82) is 0 Å². The molecule has 58 heavy (non-hydrogen) atoms. The second-order valence-corrected chi connectivity index (χ2v) is 18.3. The minimum atomic E-state index is -4.33. The summed E-state index contributed by atoms with van der Waals surface area (Å²) < 4.78 is 43.7. The molecule has 1 aromatic carbocycles. The van der Waals surface area contributed by atoms with Gasteiger partial charge in [-0.3, -0.25) is 14.1 Å². The molecule has 0 saturated heterocycles. The molecule has 0 bridgehead atoms. The Morgan fingerprint density at radius 1 is 0.897 bits per heavy atom. The Hall–Kier alpha value is -4.31. The first kappa shape index (κ1) is 44.8. The number of aromatic nitrogens is 1. The summed E-state index contributed by atoms with van der Waals surface area (Å²) in [6.07, 6.45) is 5.78. The summed E-state index contributed by atoms with van der Waals surface area (Å²) in [7, 11) is -4.33. The van der Waals surface area contributed by atoms with Crippen LogP contribution >= 0.6 is 0 Å². The number of ether oxygens (including phenoxy) is 2. The molecule has 2 fully saturated rings. The normalized spacial score (nSPS) is 27.0. The van der Waals surface area contributed by atoms with Crippen molar-refractivity contribution >= 4 is 45.6 Å². The molecule has 4 unspecified atom stereocenters. The van der Waals surface area contributed by atoms with Crippen molar-refractivity contribution in [3.8, 4) is 5.75 Å². The predicted octanol–water partition coefficient (Wildman–Crippen LogP) is 7.71. The van der Waals surface area contributed by atoms with E-state index in [4.69, 9.17) is 24.2 Å². The third-order valence-electron chi connectivity index (χ3n) is 11.6. The number of aliphatic imine (C=N–C) groups is 1. The molecule has 2 amide bonds. The van der Waals surface area contributed by atoms with Crippen LogP contribution in [0.25, 0.3) is 6.08 Å². The molecule has 0 radical (unpaired) electrons. The van der Waals surface area contributed by atoms with Crippen LogP contribution in [0.1, 0.15) is 111 Å². The van der Waals surface area contributed by atoms with Gasteiger partial charge in [-0.05, 0) is 123 Å². The van der Waals surface area contributed by atoms with E-state index in [0.29, 0.717) is 64.2 Å². The van der Waals surface area contributed by atoms with Gasteiger partial charge in [-0.1, -0.05) is 41.5 Å². The van der Waals surface area contributed by atoms with Gasteiger partial charge in [-0.25, -0.2) is 19.6 Å². The second kappa shape index (κ2) is 19.2. The number of hydrogen-bond donors (Lipinski definition) is 4. The molecule has 2 aliphatic carbocycles. The monoisotopic (exact) mass is 824 g/mol. The molecule has 1 aliphatic heterocycles. The summed E-state index contributed by atoms with van der Waals surface area (Å²) in [6.45, 7) is 18.3. The Morgan fingerprint density at radius 2 is 1.48 bits per heavy atom. The van der Waals surface area contributed by atoms with E-state index in [1.807, 2.05) is 6.92 Å². The Labute approximate surface area is 342 Å². The molecule has 0 spiro atoms. The first-order chi connectivity index (χ1) is 27.3. The highest BCUT2D eigenvalue weighted by Gasteiger charge is 2.38. The van der Waals surface area contributed by atoms with Gasteiger partial charge < -0.3 is 25.1 Å². The molecule has 3 aliphatic rings. The fourth-order valence-corrected chi connectivity index (χ4v) is 9.42. The van der Waals surface area contributed by atoms with Crippen LogP contribution < -0.4 is 15.4 Å². The molecule has 5 rings (SSSR count). The number of rotatable bonds is 14. The van der Waals surface area contributed by atoms with Crippen LogP contribution in [0.4, 0.5) is 5.82 Å². The predicted molar refractivity (Wildman–Crippen MR) is 220 cm³/mol. The minimum absolute atomic E-state index is 0.0375. The van der Waals surface area contributed by atoms with Crippen molar-refractivity contribution in [1.82, 2.24) is 10.3 Å². The quantitative estimate of drug-likeness (QED) is 0.0482. The molecule has 1 aromatic heterocycles. The van der Waals surface area contributed by atoms with Gasteiger partial charge in [0.25, 0.3) is 10.1 Å². The number of H-pyrrole nitrogens is 1. The van der Waals surface area contributed by atoms with Crippen molar-refractivity contribution in [2.24, 2.45) is 40.5 Å². The average Bonchev–Trinajstić information content (AvgIpc) is 3.58. The zero-order chi connectivity index (χ0) is 42.5. The van der Waals surface area contributed by atoms with Crippen LogP contribution in [0.2, 0.25) is 0 Å². The SMILES string of the molecule is CC(=O)Nc1[nH]c(/C=C2\N=C(NC(=O)CCCOc3ccc(S(=O)(=O)O)cc3)C(C(=O)OC3C(C)CC(C)CC3C)=C2C)c(C)c1COOC1C(C)CC(C)CC1C. The van der Waals surface area contributed by atoms with Crippen LogP contribution in [-0.2, 0) is 45.6 Å². The summed E-state index contributed by atoms with van der Waals surface area (Å²) in [5, 5.41) is 5.69. The van der Waals surface area contributed by atoms with E-state index in [-0.39, 0.29) is 65.9 Å². The van der Waals surface area contributed by atoms with Crippen molar-refractivity contribution in [3.05, 3.63) is 57.9 Å². The lowest BCUT2D eigenvalue weighted by atomic mass is 9.75. The molecule has 2 aromatic rings. The van der Waals surface area contributed by atoms with Gasteiger partial charge in [-0.15, -0.1) is 0 Å². The van der Waals surface area contributed by atoms with E-state index < -0.39 is 22.0 Å². The van der Waals surface area contributed by atoms with E-state index >= 15 is 0 Å². The number of hydrogen-bond acceptors (Lipinski definition) is 10. The number of carbonyl (C=O) groups is 3. The van der Waals surface area contributed by atoms with Crippen LogP contribution in [0.15, 0.2) is 51.0 Å². The molecule has 14 nitrogen and oxygen atoms in total. The topological polar surface area (TPSA) is 195 Å². The number of benzene rings is 1. The van der Waals surface area contributed by atoms with E-state index in [2.05, 4.69) is 57.2 Å². The minimum Gasteiger partial charge on any atom is -0.494 e. The lowest BCUT2D eigenvalue weighted by Gasteiger charge is -2.37. The molecule has 4 N–H and O–H groups in total. The van der Waals surface area contributed by atoms with Crippen LogP contribution in [-0.4, -0.2) is 60.4 Å². The zero-order valence-electron chi connectivity index (χ0n) is 35.1. The Morgan fingerprint density at radius 3 is 2.05 bits per heavy atom. The maximum absolute atomic E-state index is 14.1. The third kappa shape index (κ3) is 11.2. The van der Waals surface area contributed by atoms with E-state index in [1.54, 1.807) is 13.0 Å². The Bertz CT molecular complexity index is 2010. The van der Waals surface area contributed by atoms with Crippen molar-refractivity contribution in [2.45, 2.75) is 125 Å². The average molecular weight is 825 g/mol. The summed E-state index contributed by atoms with van der Waals surface area (Å²) in [5.74, 6) is 1.84. The van der Waals surface area contributed by atoms with Gasteiger partial charge in [0.2, 0.25) is 11.8 Å². The number of allylic oxidation sites excluding steroid dienone is 1. The van der Waals surface area contributed by atoms with Gasteiger partial charge in [0.15, 0.2) is 0 Å². The smallest absolute Gasteiger partial charge is 0.342 e. The number of aromatic amines is 1. The third-order valence-corrected chi connectivity index (χ3v) is 12.5. The fraction of sp³-hybridized carbons (Fsp3) is 0.581. The molecule has 4 atom stereocenters. The number of carbonyl (C=O) groups excluding carboxylic acids is 3. The molecular formula is C43H60N4O10S. The summed E-state index contributed by atoms with van der Waals surface area (Å²) in [5.41, 5.74) is 3.23. The van der Waals surface area contributed by atoms with E-state index in [1.165, 1.54) is 31.2 Å². The van der Waals surface area contributed by atoms with Gasteiger partial charge in [0.1, 0.15) is 35.7 Å². The number of anilines is 1. The number of nitrogens with zero attached hydrogens (tertiary/aromatic N) is 1. The van der Waals surface area contributed by atoms with Crippen molar-refractivity contribution in [3.63, 3.8) is 0 Å². The number of amidine groups is 1. The first-order valence-corrected chi connectivity index (χ1v) is 21.8. The highest BCUT2D eigenvalue weighted by Crippen LogP contribution is 2.38. The van der Waals surface area contributed by atoms with E-state index in [0.717, 1.165) is 31.2 Å². The molecular weight excluding hydrogens is 765 g/mol. The number of esters is 1. The molecule has 15 heteroatoms. The van der Waals surface area contributed by atoms with Crippen LogP contribution in [0.5, 0.6) is 5.75 Å². The van der Waals surface area contributed by atoms with Gasteiger partial charge in [-0.2, -0.15) is 8.42 Å². The Balaban J connectivity index is 1.35. The second-order valence-electron chi connectivity index (χ2n) is 16.9. The molecule has 2 heterocycles. The van der Waals surface area contributed by atoms with Crippen LogP contribution in [0.3, 0.4) is 0 Å². The molecule has 318 valence electrons. The maximum Gasteiger partial charge on any atom is 0.342 e. The van der Waals surface area contributed by atoms with Gasteiger partial charge in [0, 0.05) is 24.6 Å². The molecule has 2 saturated carbocycles. The summed E-state index contributed by atoms with van der Waals surface area (Å²) >= 11 is 0. The number of amides is 2. The first-order valence-electron chi connectivity index (χ1n) is 20.3. The Kier molecular flexibility index (Phi) is 14.8. The van der Waals surface area contributed by atoms with Gasteiger partial charge >= 0.3 is 5.97 Å². The largest absolute Gasteiger partial charge is 0.494 e. The fourth-order valence-electron chi connectivity index (χ4n) is 8.94.